The van der Waals surface area contributed by atoms with Gasteiger partial charge in [0.2, 0.25) is 5.89 Å². The largest absolute Gasteiger partial charge is 0.415 e. The Morgan fingerprint density at radius 1 is 0.902 bits per heavy atom. The number of nitrogens with zero attached hydrogens (tertiary/aromatic N) is 5. The first-order valence-electron chi connectivity index (χ1n) is 12.7. The van der Waals surface area contributed by atoms with Gasteiger partial charge >= 0.3 is 6.43 Å². The zero-order chi connectivity index (χ0) is 28.8. The maximum atomic E-state index is 15.3. The normalized spacial score (nSPS) is 16.5. The number of ether oxygens (including phenoxy) is 1. The quantitative estimate of drug-likeness (QED) is 0.231. The molecule has 0 amide bonds. The summed E-state index contributed by atoms with van der Waals surface area (Å²) in [7, 11) is 0. The minimum atomic E-state index is -2.99. The average Bonchev–Trinajstić information content (AvgIpc) is 3.43. The van der Waals surface area contributed by atoms with Crippen LogP contribution < -0.4 is 20.7 Å². The van der Waals surface area contributed by atoms with Gasteiger partial charge in [-0.1, -0.05) is 6.07 Å². The number of hydrogen-bond donors (Lipinski definition) is 0. The second-order valence-corrected chi connectivity index (χ2v) is 9.81. The molecule has 41 heavy (non-hydrogen) atoms. The summed E-state index contributed by atoms with van der Waals surface area (Å²) < 4.78 is 79.1. The standard InChI is InChI=1S/C27H22F5N5O4/c28-18-4-3-16(10-20(18)30)37(11-15-2-1-14(9-19(15)29)26-33-34-27(41-26)25(31)32)22-21(23(38)24(22)39)36-7-5-35(6-8-36)17-12-40-13-17/h1-4,9-10,17,25H,5-8,11-13H2. The molecular formula is C27H22F5N5O4. The van der Waals surface area contributed by atoms with Crippen LogP contribution in [0, 0.1) is 17.5 Å². The molecule has 6 rings (SSSR count). The lowest BCUT2D eigenvalue weighted by Crippen LogP contribution is -2.58. The molecule has 3 heterocycles. The van der Waals surface area contributed by atoms with Crippen molar-refractivity contribution in [2.45, 2.75) is 19.0 Å². The predicted octanol–water partition coefficient (Wildman–Crippen LogP) is 3.55. The Kier molecular flexibility index (Phi) is 7.03. The van der Waals surface area contributed by atoms with E-state index in [1.54, 1.807) is 4.90 Å². The lowest BCUT2D eigenvalue weighted by Gasteiger charge is -2.44. The van der Waals surface area contributed by atoms with Crippen LogP contribution in [0.5, 0.6) is 0 Å². The zero-order valence-corrected chi connectivity index (χ0v) is 21.3. The van der Waals surface area contributed by atoms with Gasteiger partial charge in [0.25, 0.3) is 16.7 Å². The molecule has 0 atom stereocenters. The number of rotatable bonds is 8. The van der Waals surface area contributed by atoms with Crippen molar-refractivity contribution in [3.63, 3.8) is 0 Å². The van der Waals surface area contributed by atoms with Gasteiger partial charge in [0.15, 0.2) is 11.6 Å². The van der Waals surface area contributed by atoms with Crippen LogP contribution in [-0.4, -0.2) is 60.5 Å². The highest BCUT2D eigenvalue weighted by molar-refractivity contribution is 5.81. The number of halogens is 5. The van der Waals surface area contributed by atoms with Crippen molar-refractivity contribution in [2.75, 3.05) is 49.2 Å². The lowest BCUT2D eigenvalue weighted by molar-refractivity contribution is -0.0660. The molecule has 0 spiro atoms. The van der Waals surface area contributed by atoms with E-state index in [2.05, 4.69) is 15.1 Å². The van der Waals surface area contributed by atoms with Gasteiger partial charge in [0.05, 0.1) is 25.8 Å². The Labute approximate surface area is 229 Å². The highest BCUT2D eigenvalue weighted by Gasteiger charge is 2.35. The topological polar surface area (TPSA) is 92.0 Å². The molecule has 2 fully saturated rings. The van der Waals surface area contributed by atoms with Crippen LogP contribution in [0.15, 0.2) is 50.4 Å². The van der Waals surface area contributed by atoms with E-state index in [1.165, 1.54) is 23.1 Å². The van der Waals surface area contributed by atoms with Crippen molar-refractivity contribution in [3.8, 4) is 11.5 Å². The highest BCUT2D eigenvalue weighted by atomic mass is 19.3. The molecule has 0 bridgehead atoms. The molecule has 4 aromatic rings. The van der Waals surface area contributed by atoms with Crippen LogP contribution in [-0.2, 0) is 11.3 Å². The highest BCUT2D eigenvalue weighted by Crippen LogP contribution is 2.35. The van der Waals surface area contributed by atoms with Crippen LogP contribution >= 0.6 is 0 Å². The number of alkyl halides is 2. The van der Waals surface area contributed by atoms with Gasteiger partial charge in [-0.15, -0.1) is 10.2 Å². The first kappa shape index (κ1) is 27.0. The van der Waals surface area contributed by atoms with Gasteiger partial charge in [-0.05, 0) is 24.3 Å². The number of benzene rings is 2. The van der Waals surface area contributed by atoms with Gasteiger partial charge in [-0.25, -0.2) is 13.2 Å². The van der Waals surface area contributed by atoms with Crippen molar-refractivity contribution >= 4 is 17.1 Å². The van der Waals surface area contributed by atoms with Crippen LogP contribution in [0.2, 0.25) is 0 Å². The molecule has 2 aliphatic rings. The van der Waals surface area contributed by atoms with E-state index in [-0.39, 0.29) is 40.6 Å². The fourth-order valence-corrected chi connectivity index (χ4v) is 5.03. The second-order valence-electron chi connectivity index (χ2n) is 9.81. The Hall–Kier alpha value is -4.17. The molecule has 3 aromatic carbocycles. The summed E-state index contributed by atoms with van der Waals surface area (Å²) in [5.74, 6) is -4.35. The summed E-state index contributed by atoms with van der Waals surface area (Å²) in [6, 6.07) is 6.94. The van der Waals surface area contributed by atoms with Crippen molar-refractivity contribution in [3.05, 3.63) is 85.8 Å². The maximum absolute atomic E-state index is 15.3. The molecule has 0 N–H and O–H groups in total. The van der Waals surface area contributed by atoms with Gasteiger partial charge in [-0.2, -0.15) is 8.78 Å². The molecule has 2 saturated heterocycles. The van der Waals surface area contributed by atoms with E-state index in [0.717, 1.165) is 18.2 Å². The first-order valence-corrected chi connectivity index (χ1v) is 12.7. The number of aromatic nitrogens is 2. The molecule has 214 valence electrons. The average molecular weight is 575 g/mol. The van der Waals surface area contributed by atoms with Gasteiger partial charge in [0.1, 0.15) is 17.2 Å². The number of piperazine rings is 1. The lowest BCUT2D eigenvalue weighted by atomic mass is 10.1. The predicted molar refractivity (Wildman–Crippen MR) is 137 cm³/mol. The van der Waals surface area contributed by atoms with Gasteiger partial charge in [-0.3, -0.25) is 14.5 Å². The molecule has 0 radical (unpaired) electrons. The third-order valence-corrected chi connectivity index (χ3v) is 7.37. The summed E-state index contributed by atoms with van der Waals surface area (Å²) >= 11 is 0. The molecule has 0 saturated carbocycles. The monoisotopic (exact) mass is 575 g/mol. The summed E-state index contributed by atoms with van der Waals surface area (Å²) in [6.07, 6.45) is -2.99. The molecule has 0 aliphatic carbocycles. The third-order valence-electron chi connectivity index (χ3n) is 7.37. The van der Waals surface area contributed by atoms with E-state index in [0.29, 0.717) is 45.4 Å². The number of hydrogen-bond acceptors (Lipinski definition) is 9. The second kappa shape index (κ2) is 10.7. The van der Waals surface area contributed by atoms with Gasteiger partial charge in [0, 0.05) is 49.1 Å². The Balaban J connectivity index is 1.32. The summed E-state index contributed by atoms with van der Waals surface area (Å²) in [5.41, 5.74) is -1.38. The molecule has 1 aromatic heterocycles. The van der Waals surface area contributed by atoms with Crippen molar-refractivity contribution in [1.82, 2.24) is 15.1 Å². The Bertz CT molecular complexity index is 1660. The third kappa shape index (κ3) is 4.97. The summed E-state index contributed by atoms with van der Waals surface area (Å²) in [5, 5.41) is 6.73. The zero-order valence-electron chi connectivity index (χ0n) is 21.3. The molecule has 9 nitrogen and oxygen atoms in total. The van der Waals surface area contributed by atoms with Crippen molar-refractivity contribution in [1.29, 1.82) is 0 Å². The summed E-state index contributed by atoms with van der Waals surface area (Å²) in [6.45, 7) is 3.12. The Morgan fingerprint density at radius 3 is 2.27 bits per heavy atom. The Morgan fingerprint density at radius 2 is 1.66 bits per heavy atom. The molecule has 14 heteroatoms. The maximum Gasteiger partial charge on any atom is 0.314 e. The van der Waals surface area contributed by atoms with Crippen LogP contribution in [0.4, 0.5) is 39.0 Å². The molecule has 2 aliphatic heterocycles. The molecular weight excluding hydrogens is 553 g/mol. The first-order chi connectivity index (χ1) is 19.7. The fraction of sp³-hybridized carbons (Fsp3) is 0.333. The van der Waals surface area contributed by atoms with Crippen molar-refractivity contribution < 1.29 is 31.1 Å². The van der Waals surface area contributed by atoms with Crippen LogP contribution in [0.3, 0.4) is 0 Å². The van der Waals surface area contributed by atoms with Gasteiger partial charge < -0.3 is 19.0 Å². The van der Waals surface area contributed by atoms with E-state index >= 15 is 4.39 Å². The van der Waals surface area contributed by atoms with Crippen LogP contribution in [0.25, 0.3) is 11.5 Å². The van der Waals surface area contributed by atoms with Crippen LogP contribution in [0.1, 0.15) is 17.9 Å². The fourth-order valence-electron chi connectivity index (χ4n) is 5.03. The minimum absolute atomic E-state index is 0.0147. The van der Waals surface area contributed by atoms with E-state index in [9.17, 15) is 27.2 Å². The van der Waals surface area contributed by atoms with Crippen molar-refractivity contribution in [2.24, 2.45) is 0 Å². The van der Waals surface area contributed by atoms with E-state index in [1.807, 2.05) is 0 Å². The van der Waals surface area contributed by atoms with E-state index < -0.39 is 40.6 Å². The minimum Gasteiger partial charge on any atom is -0.415 e. The summed E-state index contributed by atoms with van der Waals surface area (Å²) in [4.78, 5) is 31.0. The number of anilines is 3. The van der Waals surface area contributed by atoms with E-state index in [4.69, 9.17) is 9.15 Å². The smallest absolute Gasteiger partial charge is 0.314 e. The SMILES string of the molecule is O=c1c(N2CCN(C3COC3)CC2)c(N(Cc2ccc(-c3nnc(C(F)F)o3)cc2F)c2ccc(F)c(F)c2)c1=O. The molecule has 0 unspecified atom stereocenters.